The molecule has 0 aliphatic carbocycles. The van der Waals surface area contributed by atoms with Gasteiger partial charge in [0.05, 0.1) is 11.6 Å². The van der Waals surface area contributed by atoms with Gasteiger partial charge in [0.2, 0.25) is 5.82 Å². The molecule has 0 saturated carbocycles. The number of carbonyl (C=O) groups excluding carboxylic acids is 1. The SMILES string of the molecule is COC(=O)CC#Cc1ncc(Br)cn1. The lowest BCUT2D eigenvalue weighted by Crippen LogP contribution is -1.97. The monoisotopic (exact) mass is 254 g/mol. The summed E-state index contributed by atoms with van der Waals surface area (Å²) in [6.07, 6.45) is 3.24. The van der Waals surface area contributed by atoms with E-state index in [9.17, 15) is 4.79 Å². The lowest BCUT2D eigenvalue weighted by molar-refractivity contribution is -0.139. The van der Waals surface area contributed by atoms with E-state index in [0.29, 0.717) is 5.82 Å². The van der Waals surface area contributed by atoms with Crippen LogP contribution in [0.25, 0.3) is 0 Å². The first-order valence-corrected chi connectivity index (χ1v) is 4.55. The molecule has 0 unspecified atom stereocenters. The number of ether oxygens (including phenoxy) is 1. The van der Waals surface area contributed by atoms with E-state index in [1.807, 2.05) is 0 Å². The maximum atomic E-state index is 10.7. The van der Waals surface area contributed by atoms with Gasteiger partial charge in [0.15, 0.2) is 0 Å². The van der Waals surface area contributed by atoms with Crippen LogP contribution in [0.5, 0.6) is 0 Å². The van der Waals surface area contributed by atoms with Crippen molar-refractivity contribution in [2.75, 3.05) is 7.11 Å². The Balaban J connectivity index is 2.59. The van der Waals surface area contributed by atoms with Crippen molar-refractivity contribution in [1.29, 1.82) is 0 Å². The molecular weight excluding hydrogens is 248 g/mol. The van der Waals surface area contributed by atoms with Crippen molar-refractivity contribution in [3.63, 3.8) is 0 Å². The molecule has 0 fully saturated rings. The predicted octanol–water partition coefficient (Wildman–Crippen LogP) is 1.15. The molecule has 0 radical (unpaired) electrons. The van der Waals surface area contributed by atoms with Gasteiger partial charge in [-0.15, -0.1) is 0 Å². The third-order valence-corrected chi connectivity index (χ3v) is 1.69. The molecule has 1 heterocycles. The van der Waals surface area contributed by atoms with Crippen LogP contribution in [-0.4, -0.2) is 23.0 Å². The van der Waals surface area contributed by atoms with Crippen molar-refractivity contribution < 1.29 is 9.53 Å². The Bertz CT molecular complexity index is 378. The topological polar surface area (TPSA) is 52.1 Å². The molecule has 0 atom stereocenters. The summed E-state index contributed by atoms with van der Waals surface area (Å²) < 4.78 is 5.21. The summed E-state index contributed by atoms with van der Waals surface area (Å²) in [4.78, 5) is 18.5. The van der Waals surface area contributed by atoms with Crippen molar-refractivity contribution >= 4 is 21.9 Å². The van der Waals surface area contributed by atoms with Crippen LogP contribution in [0.1, 0.15) is 12.2 Å². The van der Waals surface area contributed by atoms with Gasteiger partial charge in [-0.2, -0.15) is 0 Å². The minimum absolute atomic E-state index is 0.0515. The summed E-state index contributed by atoms with van der Waals surface area (Å²) in [6, 6.07) is 0. The number of nitrogens with zero attached hydrogens (tertiary/aromatic N) is 2. The fourth-order valence-electron chi connectivity index (χ4n) is 0.644. The Hall–Kier alpha value is -1.41. The summed E-state index contributed by atoms with van der Waals surface area (Å²) in [7, 11) is 1.32. The van der Waals surface area contributed by atoms with E-state index < -0.39 is 0 Å². The molecule has 0 aromatic carbocycles. The molecule has 0 aliphatic rings. The van der Waals surface area contributed by atoms with Crippen LogP contribution in [-0.2, 0) is 9.53 Å². The molecule has 0 N–H and O–H groups in total. The fraction of sp³-hybridized carbons (Fsp3) is 0.222. The molecule has 14 heavy (non-hydrogen) atoms. The summed E-state index contributed by atoms with van der Waals surface area (Å²) in [5.41, 5.74) is 0. The average Bonchev–Trinajstić information content (AvgIpc) is 2.21. The first-order chi connectivity index (χ1) is 6.72. The Morgan fingerprint density at radius 2 is 2.21 bits per heavy atom. The molecule has 1 aromatic heterocycles. The molecule has 0 spiro atoms. The molecule has 1 rings (SSSR count). The van der Waals surface area contributed by atoms with E-state index >= 15 is 0 Å². The van der Waals surface area contributed by atoms with Crippen molar-refractivity contribution in [1.82, 2.24) is 9.97 Å². The minimum Gasteiger partial charge on any atom is -0.468 e. The van der Waals surface area contributed by atoms with E-state index in [1.54, 1.807) is 12.4 Å². The fourth-order valence-corrected chi connectivity index (χ4v) is 0.849. The Morgan fingerprint density at radius 3 is 2.79 bits per heavy atom. The Morgan fingerprint density at radius 1 is 1.57 bits per heavy atom. The summed E-state index contributed by atoms with van der Waals surface area (Å²) in [5, 5.41) is 0. The molecule has 4 nitrogen and oxygen atoms in total. The number of halogens is 1. The maximum absolute atomic E-state index is 10.7. The lowest BCUT2D eigenvalue weighted by Gasteiger charge is -1.90. The van der Waals surface area contributed by atoms with Crippen molar-refractivity contribution in [3.05, 3.63) is 22.7 Å². The van der Waals surface area contributed by atoms with Crippen LogP contribution in [0.2, 0.25) is 0 Å². The van der Waals surface area contributed by atoms with E-state index in [1.165, 1.54) is 7.11 Å². The zero-order chi connectivity index (χ0) is 10.4. The number of rotatable bonds is 1. The smallest absolute Gasteiger partial charge is 0.317 e. The first kappa shape index (κ1) is 10.7. The summed E-state index contributed by atoms with van der Waals surface area (Å²) >= 11 is 3.20. The Kier molecular flexibility index (Phi) is 4.08. The Labute approximate surface area is 89.8 Å². The molecule has 1 aromatic rings. The highest BCUT2D eigenvalue weighted by Crippen LogP contribution is 2.03. The third kappa shape index (κ3) is 3.54. The molecular formula is C9H7BrN2O2. The van der Waals surface area contributed by atoms with Gasteiger partial charge >= 0.3 is 5.97 Å². The van der Waals surface area contributed by atoms with Crippen LogP contribution in [0, 0.1) is 11.8 Å². The van der Waals surface area contributed by atoms with Crippen molar-refractivity contribution in [2.45, 2.75) is 6.42 Å². The van der Waals surface area contributed by atoms with Gasteiger partial charge in [0.1, 0.15) is 6.42 Å². The van der Waals surface area contributed by atoms with Crippen molar-refractivity contribution in [3.8, 4) is 11.8 Å². The quantitative estimate of drug-likeness (QED) is 0.558. The summed E-state index contributed by atoms with van der Waals surface area (Å²) in [5.74, 6) is 5.27. The van der Waals surface area contributed by atoms with Crippen LogP contribution < -0.4 is 0 Å². The number of carbonyl (C=O) groups is 1. The average molecular weight is 255 g/mol. The highest BCUT2D eigenvalue weighted by Gasteiger charge is 1.94. The standard InChI is InChI=1S/C9H7BrN2O2/c1-14-9(13)4-2-3-8-11-5-7(10)6-12-8/h5-6H,4H2,1H3. The second-order valence-electron chi connectivity index (χ2n) is 2.28. The van der Waals surface area contributed by atoms with Gasteiger partial charge in [-0.3, -0.25) is 4.79 Å². The van der Waals surface area contributed by atoms with Gasteiger partial charge in [-0.1, -0.05) is 5.92 Å². The molecule has 0 aliphatic heterocycles. The number of hydrogen-bond donors (Lipinski definition) is 0. The van der Waals surface area contributed by atoms with Crippen LogP contribution in [0.4, 0.5) is 0 Å². The molecule has 0 amide bonds. The number of esters is 1. The zero-order valence-corrected chi connectivity index (χ0v) is 9.04. The summed E-state index contributed by atoms with van der Waals surface area (Å²) in [6.45, 7) is 0. The van der Waals surface area contributed by atoms with E-state index in [2.05, 4.69) is 42.5 Å². The van der Waals surface area contributed by atoms with Gasteiger partial charge in [0.25, 0.3) is 0 Å². The minimum atomic E-state index is -0.366. The zero-order valence-electron chi connectivity index (χ0n) is 7.45. The van der Waals surface area contributed by atoms with Crippen LogP contribution >= 0.6 is 15.9 Å². The molecule has 5 heteroatoms. The van der Waals surface area contributed by atoms with Crippen LogP contribution in [0.15, 0.2) is 16.9 Å². The number of methoxy groups -OCH3 is 1. The first-order valence-electron chi connectivity index (χ1n) is 3.75. The largest absolute Gasteiger partial charge is 0.468 e. The van der Waals surface area contributed by atoms with E-state index in [-0.39, 0.29) is 12.4 Å². The van der Waals surface area contributed by atoms with Gasteiger partial charge in [-0.05, 0) is 21.9 Å². The normalized spacial score (nSPS) is 8.71. The highest BCUT2D eigenvalue weighted by atomic mass is 79.9. The van der Waals surface area contributed by atoms with Crippen molar-refractivity contribution in [2.24, 2.45) is 0 Å². The molecule has 72 valence electrons. The third-order valence-electron chi connectivity index (χ3n) is 1.28. The van der Waals surface area contributed by atoms with Gasteiger partial charge < -0.3 is 4.74 Å². The maximum Gasteiger partial charge on any atom is 0.317 e. The van der Waals surface area contributed by atoms with Gasteiger partial charge in [0, 0.05) is 12.4 Å². The lowest BCUT2D eigenvalue weighted by atomic mass is 10.4. The highest BCUT2D eigenvalue weighted by molar-refractivity contribution is 9.10. The second-order valence-corrected chi connectivity index (χ2v) is 3.20. The van der Waals surface area contributed by atoms with Crippen LogP contribution in [0.3, 0.4) is 0 Å². The number of hydrogen-bond acceptors (Lipinski definition) is 4. The molecule has 0 bridgehead atoms. The number of aromatic nitrogens is 2. The van der Waals surface area contributed by atoms with E-state index in [4.69, 9.17) is 0 Å². The molecule has 0 saturated heterocycles. The predicted molar refractivity (Wildman–Crippen MR) is 53.2 cm³/mol. The second kappa shape index (κ2) is 5.35. The van der Waals surface area contributed by atoms with E-state index in [0.717, 1.165) is 4.47 Å². The van der Waals surface area contributed by atoms with Gasteiger partial charge in [-0.25, -0.2) is 9.97 Å².